The molecule has 0 radical (unpaired) electrons. The van der Waals surface area contributed by atoms with Gasteiger partial charge in [0.2, 0.25) is 0 Å². The lowest BCUT2D eigenvalue weighted by molar-refractivity contribution is -0.259. The summed E-state index contributed by atoms with van der Waals surface area (Å²) in [7, 11) is 0. The van der Waals surface area contributed by atoms with E-state index < -0.39 is 28.8 Å². The molecule has 0 aromatic heterocycles. The van der Waals surface area contributed by atoms with Crippen molar-refractivity contribution in [2.75, 3.05) is 13.2 Å². The fraction of sp³-hybridized carbons (Fsp3) is 0.596. The van der Waals surface area contributed by atoms with Crippen molar-refractivity contribution < 1.29 is 38.8 Å². The first-order valence-corrected chi connectivity index (χ1v) is 21.9. The van der Waals surface area contributed by atoms with Crippen molar-refractivity contribution in [2.45, 2.75) is 188 Å². The summed E-state index contributed by atoms with van der Waals surface area (Å²) in [6.07, 6.45) is 1.47. The van der Waals surface area contributed by atoms with Crippen molar-refractivity contribution in [2.24, 2.45) is 0 Å². The Kier molecular flexibility index (Phi) is 14.4. The number of aromatic hydroxyl groups is 2. The second-order valence-corrected chi connectivity index (χ2v) is 22.6. The molecule has 9 heteroatoms. The van der Waals surface area contributed by atoms with E-state index >= 15 is 0 Å². The van der Waals surface area contributed by atoms with Gasteiger partial charge < -0.3 is 24.4 Å². The van der Waals surface area contributed by atoms with Crippen LogP contribution in [0.3, 0.4) is 0 Å². The molecule has 0 unspecified atom stereocenters. The van der Waals surface area contributed by atoms with Gasteiger partial charge in [-0.3, -0.25) is 14.5 Å². The first kappa shape index (κ1) is 49.3. The summed E-state index contributed by atoms with van der Waals surface area (Å²) in [5.74, 6) is -2.37. The third kappa shape index (κ3) is 12.4. The standard InChI is InChI=1S/C52H75NO8/c1-46(2,3)37-28-34(29-38(43(37)56)47(4,5)6)22-24-41(54)59-27-26-53-50(13,14)32-52(33-51(53,15)16,61-45(58)36-20-18-17-19-21-36)60-42(55)25-23-35-30-39(48(7,8)9)44(57)40(31-35)49(10,11)12/h17-21,28-31,56-57H,22-27,32-33H2,1-16H3. The molecule has 0 saturated carbocycles. The first-order valence-electron chi connectivity index (χ1n) is 21.9. The number of carbonyl (C=O) groups is 3. The number of piperidine rings is 1. The maximum Gasteiger partial charge on any atom is 0.341 e. The molecular formula is C52H75NO8. The molecule has 0 spiro atoms. The number of phenolic OH excluding ortho intramolecular Hbond substituents is 2. The number of hydrogen-bond acceptors (Lipinski definition) is 9. The molecule has 336 valence electrons. The molecule has 0 amide bonds. The highest BCUT2D eigenvalue weighted by Gasteiger charge is 2.56. The first-order chi connectivity index (χ1) is 27.8. The van der Waals surface area contributed by atoms with Gasteiger partial charge in [-0.2, -0.15) is 0 Å². The number of esters is 3. The predicted molar refractivity (Wildman–Crippen MR) is 243 cm³/mol. The lowest BCUT2D eigenvalue weighted by atomic mass is 9.75. The van der Waals surface area contributed by atoms with E-state index in [9.17, 15) is 24.6 Å². The highest BCUT2D eigenvalue weighted by Crippen LogP contribution is 2.47. The topological polar surface area (TPSA) is 123 Å². The van der Waals surface area contributed by atoms with Gasteiger partial charge in [-0.05, 0) is 108 Å². The fourth-order valence-electron chi connectivity index (χ4n) is 9.00. The Hall–Kier alpha value is -4.37. The molecule has 3 aromatic carbocycles. The molecule has 9 nitrogen and oxygen atoms in total. The van der Waals surface area contributed by atoms with Crippen molar-refractivity contribution in [3.05, 3.63) is 93.5 Å². The van der Waals surface area contributed by atoms with Crippen LogP contribution in [-0.2, 0) is 58.3 Å². The molecule has 2 N–H and O–H groups in total. The second-order valence-electron chi connectivity index (χ2n) is 22.6. The maximum atomic E-state index is 14.0. The van der Waals surface area contributed by atoms with E-state index in [-0.39, 0.29) is 65.7 Å². The maximum absolute atomic E-state index is 14.0. The van der Waals surface area contributed by atoms with Crippen LogP contribution in [0.15, 0.2) is 54.6 Å². The van der Waals surface area contributed by atoms with Crippen LogP contribution in [0, 0.1) is 0 Å². The molecule has 61 heavy (non-hydrogen) atoms. The largest absolute Gasteiger partial charge is 0.507 e. The van der Waals surface area contributed by atoms with Gasteiger partial charge in [0.25, 0.3) is 5.79 Å². The number of hydrogen-bond donors (Lipinski definition) is 2. The smallest absolute Gasteiger partial charge is 0.341 e. The van der Waals surface area contributed by atoms with Crippen molar-refractivity contribution in [1.29, 1.82) is 0 Å². The third-order valence-corrected chi connectivity index (χ3v) is 11.8. The van der Waals surface area contributed by atoms with Gasteiger partial charge in [0.1, 0.15) is 18.1 Å². The lowest BCUT2D eigenvalue weighted by Gasteiger charge is -2.57. The zero-order valence-electron chi connectivity index (χ0n) is 40.1. The number of carbonyl (C=O) groups excluding carboxylic acids is 3. The number of aryl methyl sites for hydroxylation is 2. The van der Waals surface area contributed by atoms with Gasteiger partial charge >= 0.3 is 17.9 Å². The third-order valence-electron chi connectivity index (χ3n) is 11.8. The Morgan fingerprint density at radius 2 is 0.967 bits per heavy atom. The molecule has 1 heterocycles. The van der Waals surface area contributed by atoms with Gasteiger partial charge in [0.15, 0.2) is 0 Å². The highest BCUT2D eigenvalue weighted by atomic mass is 16.7. The van der Waals surface area contributed by atoms with E-state index in [4.69, 9.17) is 14.2 Å². The monoisotopic (exact) mass is 842 g/mol. The van der Waals surface area contributed by atoms with Gasteiger partial charge in [-0.25, -0.2) is 4.79 Å². The SMILES string of the molecule is CC(C)(C)c1cc(CCC(=O)OCCN2C(C)(C)CC(OC(=O)CCc3cc(C(C)(C)C)c(O)c(C(C)(C)C)c3)(OC(=O)c3ccccc3)CC2(C)C)cc(C(C)(C)C)c1O. The number of likely N-dealkylation sites (tertiary alicyclic amines) is 1. The molecule has 0 bridgehead atoms. The minimum absolute atomic E-state index is 0.0439. The molecule has 1 fully saturated rings. The Balaban J connectivity index is 1.51. The second kappa shape index (κ2) is 17.8. The number of nitrogens with zero attached hydrogens (tertiary/aromatic N) is 1. The van der Waals surface area contributed by atoms with Gasteiger partial charge in [-0.15, -0.1) is 0 Å². The lowest BCUT2D eigenvalue weighted by Crippen LogP contribution is -2.67. The van der Waals surface area contributed by atoms with Crippen LogP contribution >= 0.6 is 0 Å². The molecule has 1 aliphatic rings. The van der Waals surface area contributed by atoms with Gasteiger partial charge in [0, 0.05) is 43.3 Å². The summed E-state index contributed by atoms with van der Waals surface area (Å²) in [5, 5.41) is 22.4. The summed E-state index contributed by atoms with van der Waals surface area (Å²) < 4.78 is 18.5. The van der Waals surface area contributed by atoms with Crippen molar-refractivity contribution in [3.63, 3.8) is 0 Å². The van der Waals surface area contributed by atoms with E-state index in [0.717, 1.165) is 33.4 Å². The molecule has 4 rings (SSSR count). The summed E-state index contributed by atoms with van der Waals surface area (Å²) >= 11 is 0. The van der Waals surface area contributed by atoms with Crippen molar-refractivity contribution >= 4 is 17.9 Å². The zero-order valence-corrected chi connectivity index (χ0v) is 40.1. The predicted octanol–water partition coefficient (Wildman–Crippen LogP) is 11.1. The molecule has 1 saturated heterocycles. The molecule has 0 aliphatic carbocycles. The van der Waals surface area contributed by atoms with E-state index in [2.05, 4.69) is 88.0 Å². The average molecular weight is 842 g/mol. The van der Waals surface area contributed by atoms with E-state index in [0.29, 0.717) is 30.7 Å². The Labute approximate surface area is 366 Å². The van der Waals surface area contributed by atoms with Crippen molar-refractivity contribution in [1.82, 2.24) is 4.90 Å². The van der Waals surface area contributed by atoms with Crippen molar-refractivity contribution in [3.8, 4) is 11.5 Å². The molecule has 0 atom stereocenters. The van der Waals surface area contributed by atoms with Crippen LogP contribution in [0.5, 0.6) is 11.5 Å². The molecular weight excluding hydrogens is 767 g/mol. The molecule has 3 aromatic rings. The number of rotatable bonds is 12. The van der Waals surface area contributed by atoms with E-state index in [1.165, 1.54) is 0 Å². The van der Waals surface area contributed by atoms with Crippen LogP contribution in [-0.4, -0.2) is 63.0 Å². The quantitative estimate of drug-likeness (QED) is 0.136. The normalized spacial score (nSPS) is 16.8. The average Bonchev–Trinajstić information content (AvgIpc) is 3.09. The van der Waals surface area contributed by atoms with E-state index in [1.807, 2.05) is 58.0 Å². The van der Waals surface area contributed by atoms with Gasteiger partial charge in [0.05, 0.1) is 5.56 Å². The summed E-state index contributed by atoms with van der Waals surface area (Å²) in [5.41, 5.74) is 3.09. The van der Waals surface area contributed by atoms with Crippen LogP contribution in [0.1, 0.15) is 180 Å². The highest BCUT2D eigenvalue weighted by molar-refractivity contribution is 5.89. The summed E-state index contributed by atoms with van der Waals surface area (Å²) in [6, 6.07) is 16.6. The fourth-order valence-corrected chi connectivity index (χ4v) is 9.00. The summed E-state index contributed by atoms with van der Waals surface area (Å²) in [4.78, 5) is 43.1. The van der Waals surface area contributed by atoms with Crippen LogP contribution in [0.25, 0.3) is 0 Å². The van der Waals surface area contributed by atoms with Gasteiger partial charge in [-0.1, -0.05) is 126 Å². The zero-order chi connectivity index (χ0) is 46.1. The van der Waals surface area contributed by atoms with Crippen LogP contribution in [0.2, 0.25) is 0 Å². The Morgan fingerprint density at radius 1 is 0.590 bits per heavy atom. The minimum atomic E-state index is -1.58. The Bertz CT molecular complexity index is 1960. The number of ether oxygens (including phenoxy) is 3. The summed E-state index contributed by atoms with van der Waals surface area (Å²) in [6.45, 7) is 33.4. The number of benzene rings is 3. The minimum Gasteiger partial charge on any atom is -0.507 e. The Morgan fingerprint density at radius 3 is 1.34 bits per heavy atom. The van der Waals surface area contributed by atoms with E-state index in [1.54, 1.807) is 24.3 Å². The number of phenols is 2. The van der Waals surface area contributed by atoms with Crippen LogP contribution < -0.4 is 0 Å². The molecule has 1 aliphatic heterocycles. The van der Waals surface area contributed by atoms with Crippen LogP contribution in [0.4, 0.5) is 0 Å².